The van der Waals surface area contributed by atoms with E-state index in [0.717, 1.165) is 13.0 Å². The molecule has 0 aromatic rings. The second-order valence-corrected chi connectivity index (χ2v) is 4.71. The molecule has 2 nitrogen and oxygen atoms in total. The third-order valence-electron chi connectivity index (χ3n) is 2.86. The number of hydrogen-bond acceptors (Lipinski definition) is 1. The van der Waals surface area contributed by atoms with Crippen molar-refractivity contribution in [2.45, 2.75) is 39.7 Å². The van der Waals surface area contributed by atoms with E-state index >= 15 is 0 Å². The third kappa shape index (κ3) is 2.69. The first-order chi connectivity index (χ1) is 6.54. The van der Waals surface area contributed by atoms with Gasteiger partial charge in [-0.3, -0.25) is 9.18 Å². The second kappa shape index (κ2) is 4.76. The Morgan fingerprint density at radius 2 is 2.14 bits per heavy atom. The van der Waals surface area contributed by atoms with Crippen LogP contribution in [0, 0.1) is 11.8 Å². The fraction of sp³-hybridized carbons (Fsp3) is 0.909. The van der Waals surface area contributed by atoms with Gasteiger partial charge in [-0.15, -0.1) is 0 Å². The Bertz CT molecular complexity index is 205. The lowest BCUT2D eigenvalue weighted by molar-refractivity contribution is -0.129. The van der Waals surface area contributed by atoms with E-state index in [1.54, 1.807) is 0 Å². The Labute approximate surface area is 85.5 Å². The van der Waals surface area contributed by atoms with Crippen LogP contribution in [0.3, 0.4) is 0 Å². The van der Waals surface area contributed by atoms with Crippen LogP contribution in [-0.2, 0) is 4.79 Å². The van der Waals surface area contributed by atoms with E-state index < -0.39 is 0 Å². The van der Waals surface area contributed by atoms with Crippen LogP contribution in [0.4, 0.5) is 4.39 Å². The van der Waals surface area contributed by atoms with Crippen LogP contribution in [0.15, 0.2) is 0 Å². The van der Waals surface area contributed by atoms with Gasteiger partial charge in [-0.2, -0.15) is 0 Å². The van der Waals surface area contributed by atoms with Gasteiger partial charge in [0.1, 0.15) is 0 Å². The van der Waals surface area contributed by atoms with Crippen LogP contribution in [0.25, 0.3) is 0 Å². The molecule has 0 radical (unpaired) electrons. The summed E-state index contributed by atoms with van der Waals surface area (Å²) in [6.45, 7) is 6.51. The largest absolute Gasteiger partial charge is 0.340 e. The van der Waals surface area contributed by atoms with E-state index in [2.05, 4.69) is 0 Å². The molecule has 1 heterocycles. The number of halogens is 1. The number of likely N-dealkylation sites (tertiary alicyclic amines) is 1. The molecule has 0 spiro atoms. The molecule has 0 N–H and O–H groups in total. The fourth-order valence-electron chi connectivity index (χ4n) is 2.10. The van der Waals surface area contributed by atoms with Gasteiger partial charge >= 0.3 is 0 Å². The fourth-order valence-corrected chi connectivity index (χ4v) is 2.10. The topological polar surface area (TPSA) is 20.3 Å². The van der Waals surface area contributed by atoms with Crippen LogP contribution in [0.5, 0.6) is 0 Å². The van der Waals surface area contributed by atoms with Crippen LogP contribution in [0.1, 0.15) is 33.6 Å². The zero-order chi connectivity index (χ0) is 10.7. The molecule has 3 heteroatoms. The molecule has 0 aromatic carbocycles. The van der Waals surface area contributed by atoms with Crippen molar-refractivity contribution in [1.82, 2.24) is 4.90 Å². The molecule has 0 aliphatic carbocycles. The van der Waals surface area contributed by atoms with E-state index in [1.807, 2.05) is 25.7 Å². The first-order valence-corrected chi connectivity index (χ1v) is 5.40. The van der Waals surface area contributed by atoms with Crippen molar-refractivity contribution >= 4 is 5.91 Å². The number of hydrogen-bond donors (Lipinski definition) is 0. The van der Waals surface area contributed by atoms with Crippen molar-refractivity contribution in [2.24, 2.45) is 11.8 Å². The molecule has 0 bridgehead atoms. The lowest BCUT2D eigenvalue weighted by Gasteiger charge is -2.21. The highest BCUT2D eigenvalue weighted by molar-refractivity contribution is 5.78. The third-order valence-corrected chi connectivity index (χ3v) is 2.86. The molecular weight excluding hydrogens is 181 g/mol. The summed E-state index contributed by atoms with van der Waals surface area (Å²) in [7, 11) is 0. The summed E-state index contributed by atoms with van der Waals surface area (Å²) < 4.78 is 12.3. The lowest BCUT2D eigenvalue weighted by atomic mass is 9.96. The normalized spacial score (nSPS) is 24.8. The molecule has 1 fully saturated rings. The van der Waals surface area contributed by atoms with Gasteiger partial charge in [0.05, 0.1) is 6.67 Å². The van der Waals surface area contributed by atoms with Gasteiger partial charge in [-0.1, -0.05) is 6.92 Å². The van der Waals surface area contributed by atoms with Gasteiger partial charge in [-0.25, -0.2) is 0 Å². The van der Waals surface area contributed by atoms with Crippen molar-refractivity contribution in [2.75, 3.05) is 13.2 Å². The Morgan fingerprint density at radius 1 is 1.50 bits per heavy atom. The maximum absolute atomic E-state index is 12.3. The number of nitrogens with zero attached hydrogens (tertiary/aromatic N) is 1. The maximum atomic E-state index is 12.3. The zero-order valence-electron chi connectivity index (χ0n) is 9.29. The highest BCUT2D eigenvalue weighted by Gasteiger charge is 2.31. The molecule has 1 aliphatic heterocycles. The van der Waals surface area contributed by atoms with E-state index in [-0.39, 0.29) is 24.5 Å². The number of carbonyl (C=O) groups excluding carboxylic acids is 1. The maximum Gasteiger partial charge on any atom is 0.223 e. The standard InChI is InChI=1S/C11H20FNO/c1-8(2)13-7-10(5-11(13)14)4-9(3)6-12/h8-10H,4-7H2,1-3H3/t9?,10-/m0/s1. The van der Waals surface area contributed by atoms with Crippen LogP contribution >= 0.6 is 0 Å². The van der Waals surface area contributed by atoms with E-state index in [4.69, 9.17) is 0 Å². The van der Waals surface area contributed by atoms with E-state index in [9.17, 15) is 9.18 Å². The van der Waals surface area contributed by atoms with Crippen molar-refractivity contribution in [3.05, 3.63) is 0 Å². The minimum atomic E-state index is -0.271. The molecule has 82 valence electrons. The number of carbonyl (C=O) groups is 1. The van der Waals surface area contributed by atoms with Gasteiger partial charge in [-0.05, 0) is 32.1 Å². The van der Waals surface area contributed by atoms with E-state index in [1.165, 1.54) is 0 Å². The lowest BCUT2D eigenvalue weighted by Crippen LogP contribution is -2.32. The van der Waals surface area contributed by atoms with E-state index in [0.29, 0.717) is 12.3 Å². The Hall–Kier alpha value is -0.600. The minimum Gasteiger partial charge on any atom is -0.340 e. The first kappa shape index (κ1) is 11.5. The van der Waals surface area contributed by atoms with Crippen molar-refractivity contribution in [3.63, 3.8) is 0 Å². The molecule has 1 aliphatic rings. The number of rotatable bonds is 4. The molecule has 0 aromatic heterocycles. The average Bonchev–Trinajstić information content (AvgIpc) is 2.46. The number of alkyl halides is 1. The summed E-state index contributed by atoms with van der Waals surface area (Å²) in [5, 5.41) is 0. The quantitative estimate of drug-likeness (QED) is 0.683. The SMILES string of the molecule is CC(CF)C[C@H]1CC(=O)N(C(C)C)C1. The highest BCUT2D eigenvalue weighted by atomic mass is 19.1. The zero-order valence-corrected chi connectivity index (χ0v) is 9.29. The Kier molecular flexibility index (Phi) is 3.90. The highest BCUT2D eigenvalue weighted by Crippen LogP contribution is 2.25. The van der Waals surface area contributed by atoms with Crippen LogP contribution in [0.2, 0.25) is 0 Å². The molecule has 0 saturated carbocycles. The molecule has 2 atom stereocenters. The van der Waals surface area contributed by atoms with Gasteiger partial charge in [0.2, 0.25) is 5.91 Å². The summed E-state index contributed by atoms with van der Waals surface area (Å²) in [5.74, 6) is 0.701. The Balaban J connectivity index is 2.42. The van der Waals surface area contributed by atoms with Crippen LogP contribution in [-0.4, -0.2) is 30.1 Å². The first-order valence-electron chi connectivity index (χ1n) is 5.40. The minimum absolute atomic E-state index is 0.0971. The number of amides is 1. The predicted molar refractivity (Wildman–Crippen MR) is 54.7 cm³/mol. The molecule has 1 amide bonds. The molecule has 1 saturated heterocycles. The summed E-state index contributed by atoms with van der Waals surface area (Å²) in [6, 6.07) is 0.285. The summed E-state index contributed by atoms with van der Waals surface area (Å²) in [5.41, 5.74) is 0. The van der Waals surface area contributed by atoms with Gasteiger partial charge in [0.25, 0.3) is 0 Å². The van der Waals surface area contributed by atoms with Gasteiger partial charge in [0, 0.05) is 19.0 Å². The second-order valence-electron chi connectivity index (χ2n) is 4.71. The molecule has 1 unspecified atom stereocenters. The van der Waals surface area contributed by atoms with Gasteiger partial charge < -0.3 is 4.90 Å². The van der Waals surface area contributed by atoms with Gasteiger partial charge in [0.15, 0.2) is 0 Å². The monoisotopic (exact) mass is 201 g/mol. The van der Waals surface area contributed by atoms with Crippen LogP contribution < -0.4 is 0 Å². The summed E-state index contributed by atoms with van der Waals surface area (Å²) >= 11 is 0. The van der Waals surface area contributed by atoms with Crippen molar-refractivity contribution < 1.29 is 9.18 Å². The molecule has 14 heavy (non-hydrogen) atoms. The molecule has 1 rings (SSSR count). The molecular formula is C11H20FNO. The average molecular weight is 201 g/mol. The summed E-state index contributed by atoms with van der Waals surface area (Å²) in [6.07, 6.45) is 1.45. The predicted octanol–water partition coefficient (Wildman–Crippen LogP) is 2.24. The smallest absolute Gasteiger partial charge is 0.223 e. The van der Waals surface area contributed by atoms with Crippen molar-refractivity contribution in [1.29, 1.82) is 0 Å². The summed E-state index contributed by atoms with van der Waals surface area (Å²) in [4.78, 5) is 13.4. The van der Waals surface area contributed by atoms with Crippen molar-refractivity contribution in [3.8, 4) is 0 Å². The Morgan fingerprint density at radius 3 is 2.57 bits per heavy atom.